The van der Waals surface area contributed by atoms with E-state index in [-0.39, 0.29) is 11.1 Å². The largest absolute Gasteiger partial charge is 0.478 e. The predicted octanol–water partition coefficient (Wildman–Crippen LogP) is 3.23. The van der Waals surface area contributed by atoms with Crippen molar-refractivity contribution in [1.82, 2.24) is 5.32 Å². The number of carboxylic acids is 1. The fourth-order valence-electron chi connectivity index (χ4n) is 2.64. The number of aromatic carboxylic acids is 1. The number of hydrogen-bond acceptors (Lipinski definition) is 2. The van der Waals surface area contributed by atoms with E-state index in [2.05, 4.69) is 17.6 Å². The van der Waals surface area contributed by atoms with E-state index in [4.69, 9.17) is 5.11 Å². The Hall–Kier alpha value is -2.11. The fourth-order valence-corrected chi connectivity index (χ4v) is 2.64. The summed E-state index contributed by atoms with van der Waals surface area (Å²) in [5.74, 6) is -2.19. The topological polar surface area (TPSA) is 78.4 Å². The first-order valence-electron chi connectivity index (χ1n) is 6.97. The van der Waals surface area contributed by atoms with Gasteiger partial charge in [0.25, 0.3) is 0 Å². The van der Waals surface area contributed by atoms with Crippen LogP contribution in [0.3, 0.4) is 0 Å². The third-order valence-electron chi connectivity index (χ3n) is 3.94. The van der Waals surface area contributed by atoms with Crippen molar-refractivity contribution < 1.29 is 19.1 Å². The predicted molar refractivity (Wildman–Crippen MR) is 77.0 cm³/mol. The zero-order valence-corrected chi connectivity index (χ0v) is 11.9. The molecule has 1 aromatic carbocycles. The van der Waals surface area contributed by atoms with Crippen LogP contribution in [0, 0.1) is 11.2 Å². The van der Waals surface area contributed by atoms with Crippen LogP contribution in [0.4, 0.5) is 14.9 Å². The highest BCUT2D eigenvalue weighted by Crippen LogP contribution is 2.36. The number of benzene rings is 1. The second-order valence-corrected chi connectivity index (χ2v) is 5.83. The van der Waals surface area contributed by atoms with Crippen LogP contribution in [0.15, 0.2) is 18.2 Å². The minimum absolute atomic E-state index is 0.131. The minimum Gasteiger partial charge on any atom is -0.478 e. The van der Waals surface area contributed by atoms with Crippen molar-refractivity contribution in [2.24, 2.45) is 5.41 Å². The molecule has 0 radical (unpaired) electrons. The van der Waals surface area contributed by atoms with E-state index in [0.717, 1.165) is 25.0 Å². The molecule has 5 nitrogen and oxygen atoms in total. The number of urea groups is 1. The van der Waals surface area contributed by atoms with Crippen molar-refractivity contribution in [3.63, 3.8) is 0 Å². The van der Waals surface area contributed by atoms with Crippen molar-refractivity contribution in [2.75, 3.05) is 11.9 Å². The molecule has 2 rings (SSSR count). The number of amides is 2. The second-order valence-electron chi connectivity index (χ2n) is 5.83. The molecular weight excluding hydrogens is 275 g/mol. The maximum atomic E-state index is 13.3. The third-order valence-corrected chi connectivity index (χ3v) is 3.94. The molecule has 6 heteroatoms. The van der Waals surface area contributed by atoms with Crippen LogP contribution < -0.4 is 10.6 Å². The Morgan fingerprint density at radius 2 is 2.00 bits per heavy atom. The lowest BCUT2D eigenvalue weighted by molar-refractivity contribution is 0.0692. The number of nitrogens with one attached hydrogen (secondary N) is 2. The smallest absolute Gasteiger partial charge is 0.338 e. The van der Waals surface area contributed by atoms with E-state index in [1.807, 2.05) is 0 Å². The van der Waals surface area contributed by atoms with E-state index in [1.54, 1.807) is 0 Å². The number of rotatable bonds is 4. The molecule has 1 aromatic rings. The van der Waals surface area contributed by atoms with Crippen LogP contribution in [0.5, 0.6) is 0 Å². The summed E-state index contributed by atoms with van der Waals surface area (Å²) in [5, 5.41) is 14.1. The number of hydrogen-bond donors (Lipinski definition) is 3. The molecule has 0 bridgehead atoms. The van der Waals surface area contributed by atoms with Gasteiger partial charge in [-0.15, -0.1) is 0 Å². The Morgan fingerprint density at radius 1 is 1.33 bits per heavy atom. The number of halogens is 1. The molecule has 0 saturated heterocycles. The van der Waals surface area contributed by atoms with Gasteiger partial charge in [0.1, 0.15) is 5.82 Å². The molecule has 1 aliphatic rings. The van der Waals surface area contributed by atoms with E-state index in [9.17, 15) is 14.0 Å². The summed E-state index contributed by atoms with van der Waals surface area (Å²) in [4.78, 5) is 22.6. The molecule has 2 amide bonds. The summed E-state index contributed by atoms with van der Waals surface area (Å²) in [7, 11) is 0. The van der Waals surface area contributed by atoms with Gasteiger partial charge in [0.15, 0.2) is 0 Å². The Morgan fingerprint density at radius 3 is 2.62 bits per heavy atom. The van der Waals surface area contributed by atoms with E-state index < -0.39 is 23.4 Å². The zero-order valence-electron chi connectivity index (χ0n) is 11.9. The van der Waals surface area contributed by atoms with Crippen molar-refractivity contribution in [3.8, 4) is 0 Å². The van der Waals surface area contributed by atoms with Crippen LogP contribution in [0.1, 0.15) is 43.0 Å². The van der Waals surface area contributed by atoms with Crippen molar-refractivity contribution in [3.05, 3.63) is 29.6 Å². The fraction of sp³-hybridized carbons (Fsp3) is 0.467. The molecule has 0 spiro atoms. The number of carboxylic acid groups (broad SMARTS) is 1. The zero-order chi connectivity index (χ0) is 15.5. The van der Waals surface area contributed by atoms with Gasteiger partial charge >= 0.3 is 12.0 Å². The first kappa shape index (κ1) is 15.3. The van der Waals surface area contributed by atoms with E-state index in [1.165, 1.54) is 18.9 Å². The van der Waals surface area contributed by atoms with Gasteiger partial charge < -0.3 is 15.7 Å². The summed E-state index contributed by atoms with van der Waals surface area (Å²) in [6, 6.07) is 3.05. The monoisotopic (exact) mass is 294 g/mol. The molecule has 0 heterocycles. The Kier molecular flexibility index (Phi) is 4.45. The highest BCUT2D eigenvalue weighted by molar-refractivity contribution is 5.93. The number of carbonyl (C=O) groups is 2. The van der Waals surface area contributed by atoms with E-state index in [0.29, 0.717) is 6.54 Å². The SMILES string of the molecule is CC1(CNC(=O)Nc2ccc(F)c(C(=O)O)c2)CCCC1. The quantitative estimate of drug-likeness (QED) is 0.797. The van der Waals surface area contributed by atoms with Gasteiger partial charge in [0.2, 0.25) is 0 Å². The first-order chi connectivity index (χ1) is 9.89. The van der Waals surface area contributed by atoms with Gasteiger partial charge in [-0.3, -0.25) is 0 Å². The molecule has 0 aromatic heterocycles. The lowest BCUT2D eigenvalue weighted by Gasteiger charge is -2.23. The average molecular weight is 294 g/mol. The average Bonchev–Trinajstić information content (AvgIpc) is 2.86. The standard InChI is InChI=1S/C15H19FN2O3/c1-15(6-2-3-7-15)9-17-14(21)18-10-4-5-12(16)11(8-10)13(19)20/h4-5,8H,2-3,6-7,9H2,1H3,(H,19,20)(H2,17,18,21). The second kappa shape index (κ2) is 6.11. The van der Waals surface area contributed by atoms with Gasteiger partial charge in [-0.05, 0) is 36.5 Å². The Balaban J connectivity index is 1.93. The molecule has 114 valence electrons. The van der Waals surface area contributed by atoms with Crippen LogP contribution >= 0.6 is 0 Å². The van der Waals surface area contributed by atoms with Gasteiger partial charge in [0.05, 0.1) is 5.56 Å². The Bertz CT molecular complexity index is 554. The molecule has 3 N–H and O–H groups in total. The van der Waals surface area contributed by atoms with Crippen molar-refractivity contribution >= 4 is 17.7 Å². The molecule has 1 aliphatic carbocycles. The van der Waals surface area contributed by atoms with Crippen molar-refractivity contribution in [2.45, 2.75) is 32.6 Å². The molecular formula is C15H19FN2O3. The molecule has 0 unspecified atom stereocenters. The summed E-state index contributed by atoms with van der Waals surface area (Å²) in [6.07, 6.45) is 4.54. The van der Waals surface area contributed by atoms with Gasteiger partial charge in [-0.1, -0.05) is 19.8 Å². The molecule has 1 fully saturated rings. The third kappa shape index (κ3) is 3.93. The van der Waals surface area contributed by atoms with E-state index >= 15 is 0 Å². The number of carbonyl (C=O) groups excluding carboxylic acids is 1. The van der Waals surface area contributed by atoms with Crippen LogP contribution in [0.2, 0.25) is 0 Å². The van der Waals surface area contributed by atoms with Crippen LogP contribution in [0.25, 0.3) is 0 Å². The van der Waals surface area contributed by atoms with Gasteiger partial charge in [-0.2, -0.15) is 0 Å². The molecule has 1 saturated carbocycles. The van der Waals surface area contributed by atoms with Crippen LogP contribution in [-0.4, -0.2) is 23.7 Å². The van der Waals surface area contributed by atoms with Crippen molar-refractivity contribution in [1.29, 1.82) is 0 Å². The molecule has 21 heavy (non-hydrogen) atoms. The first-order valence-corrected chi connectivity index (χ1v) is 6.97. The molecule has 0 atom stereocenters. The van der Waals surface area contributed by atoms with Gasteiger partial charge in [-0.25, -0.2) is 14.0 Å². The normalized spacial score (nSPS) is 16.5. The highest BCUT2D eigenvalue weighted by atomic mass is 19.1. The summed E-state index contributed by atoms with van der Waals surface area (Å²) < 4.78 is 13.3. The summed E-state index contributed by atoms with van der Waals surface area (Å²) >= 11 is 0. The van der Waals surface area contributed by atoms with Gasteiger partial charge in [0, 0.05) is 12.2 Å². The lowest BCUT2D eigenvalue weighted by Crippen LogP contribution is -2.36. The number of anilines is 1. The summed E-state index contributed by atoms with van der Waals surface area (Å²) in [6.45, 7) is 2.71. The lowest BCUT2D eigenvalue weighted by atomic mass is 9.89. The maximum absolute atomic E-state index is 13.3. The highest BCUT2D eigenvalue weighted by Gasteiger charge is 2.28. The minimum atomic E-state index is -1.37. The van der Waals surface area contributed by atoms with Crippen LogP contribution in [-0.2, 0) is 0 Å². The Labute approximate surface area is 122 Å². The molecule has 0 aliphatic heterocycles. The summed E-state index contributed by atoms with van der Waals surface area (Å²) in [5.41, 5.74) is -0.0785. The maximum Gasteiger partial charge on any atom is 0.338 e.